The van der Waals surface area contributed by atoms with Crippen LogP contribution >= 0.6 is 22.9 Å². The monoisotopic (exact) mass is 319 g/mol. The predicted octanol–water partition coefficient (Wildman–Crippen LogP) is 3.61. The van der Waals surface area contributed by atoms with Crippen molar-refractivity contribution < 1.29 is 9.53 Å². The van der Waals surface area contributed by atoms with E-state index in [1.807, 2.05) is 18.2 Å². The zero-order chi connectivity index (χ0) is 14.8. The maximum Gasteiger partial charge on any atom is 0.276 e. The number of para-hydroxylation sites is 1. The molecule has 106 valence electrons. The molecule has 21 heavy (non-hydrogen) atoms. The molecule has 0 spiro atoms. The normalized spacial score (nSPS) is 10.6. The molecule has 1 amide bonds. The lowest BCUT2D eigenvalue weighted by Crippen LogP contribution is -2.13. The number of ether oxygens (including phenoxy) is 1. The smallest absolute Gasteiger partial charge is 0.276 e. The molecule has 0 aliphatic rings. The number of anilines is 1. The van der Waals surface area contributed by atoms with Gasteiger partial charge in [0.2, 0.25) is 0 Å². The Hall–Kier alpha value is -2.18. The van der Waals surface area contributed by atoms with Gasteiger partial charge in [0, 0.05) is 11.2 Å². The zero-order valence-corrected chi connectivity index (χ0v) is 12.5. The quantitative estimate of drug-likeness (QED) is 0.801. The maximum atomic E-state index is 12.1. The van der Waals surface area contributed by atoms with Crippen molar-refractivity contribution in [3.63, 3.8) is 0 Å². The van der Waals surface area contributed by atoms with Crippen molar-refractivity contribution in [1.29, 1.82) is 0 Å². The number of thiazole rings is 1. The number of benzene rings is 1. The van der Waals surface area contributed by atoms with Crippen LogP contribution in [0.4, 0.5) is 5.13 Å². The molecule has 0 aliphatic heterocycles. The first-order valence-electron chi connectivity index (χ1n) is 6.04. The van der Waals surface area contributed by atoms with Crippen LogP contribution in [-0.4, -0.2) is 23.0 Å². The average molecular weight is 320 g/mol. The van der Waals surface area contributed by atoms with Gasteiger partial charge >= 0.3 is 0 Å². The molecule has 1 N–H and O–H groups in total. The van der Waals surface area contributed by atoms with Crippen molar-refractivity contribution in [3.05, 3.63) is 47.2 Å². The zero-order valence-electron chi connectivity index (χ0n) is 11.0. The Bertz CT molecular complexity index is 819. The van der Waals surface area contributed by atoms with Gasteiger partial charge in [-0.3, -0.25) is 15.1 Å². The molecule has 3 rings (SSSR count). The second-order valence-corrected chi connectivity index (χ2v) is 5.61. The summed E-state index contributed by atoms with van der Waals surface area (Å²) in [5, 5.41) is 3.66. The fourth-order valence-corrected chi connectivity index (χ4v) is 2.87. The summed E-state index contributed by atoms with van der Waals surface area (Å²) < 4.78 is 6.18. The van der Waals surface area contributed by atoms with Gasteiger partial charge in [-0.1, -0.05) is 29.0 Å². The van der Waals surface area contributed by atoms with Crippen LogP contribution in [-0.2, 0) is 0 Å². The molecular formula is C14H10ClN3O2S. The molecule has 3 aromatic rings. The van der Waals surface area contributed by atoms with Gasteiger partial charge in [-0.2, -0.15) is 0 Å². The summed E-state index contributed by atoms with van der Waals surface area (Å²) in [4.78, 5) is 20.5. The minimum atomic E-state index is -0.351. The fourth-order valence-electron chi connectivity index (χ4n) is 1.83. The Morgan fingerprint density at radius 2 is 2.24 bits per heavy atom. The highest BCUT2D eigenvalue weighted by molar-refractivity contribution is 7.22. The number of halogens is 1. The number of amides is 1. The minimum absolute atomic E-state index is 0.244. The van der Waals surface area contributed by atoms with Crippen LogP contribution in [0.25, 0.3) is 10.2 Å². The van der Waals surface area contributed by atoms with Crippen molar-refractivity contribution in [3.8, 4) is 5.75 Å². The molecule has 2 heterocycles. The van der Waals surface area contributed by atoms with Crippen molar-refractivity contribution in [2.24, 2.45) is 0 Å². The standard InChI is InChI=1S/C14H10ClN3O2S/c1-20-10-3-2-4-11-12(10)17-14(21-11)18-13(19)9-7-8(15)5-6-16-9/h2-7H,1H3,(H,17,18,19). The highest BCUT2D eigenvalue weighted by atomic mass is 35.5. The molecule has 1 aromatic carbocycles. The van der Waals surface area contributed by atoms with Crippen LogP contribution < -0.4 is 10.1 Å². The molecule has 0 unspecified atom stereocenters. The van der Waals surface area contributed by atoms with E-state index >= 15 is 0 Å². The molecule has 2 aromatic heterocycles. The van der Waals surface area contributed by atoms with Crippen molar-refractivity contribution >= 4 is 44.2 Å². The Kier molecular flexibility index (Phi) is 3.72. The van der Waals surface area contributed by atoms with Crippen LogP contribution in [0.15, 0.2) is 36.5 Å². The van der Waals surface area contributed by atoms with Crippen LogP contribution in [0.5, 0.6) is 5.75 Å². The van der Waals surface area contributed by atoms with Gasteiger partial charge in [-0.15, -0.1) is 0 Å². The van der Waals surface area contributed by atoms with E-state index in [0.29, 0.717) is 15.9 Å². The molecule has 0 aliphatic carbocycles. The lowest BCUT2D eigenvalue weighted by Gasteiger charge is -2.00. The summed E-state index contributed by atoms with van der Waals surface area (Å²) in [5.41, 5.74) is 0.966. The average Bonchev–Trinajstić information content (AvgIpc) is 2.89. The third-order valence-corrected chi connectivity index (χ3v) is 3.95. The topological polar surface area (TPSA) is 64.1 Å². The van der Waals surface area contributed by atoms with Crippen molar-refractivity contribution in [2.45, 2.75) is 0 Å². The van der Waals surface area contributed by atoms with E-state index in [1.54, 1.807) is 13.2 Å². The van der Waals surface area contributed by atoms with Gasteiger partial charge < -0.3 is 4.74 Å². The SMILES string of the molecule is COc1cccc2sc(NC(=O)c3cc(Cl)ccn3)nc12. The number of methoxy groups -OCH3 is 1. The Morgan fingerprint density at radius 1 is 1.38 bits per heavy atom. The molecule has 0 fully saturated rings. The van der Waals surface area contributed by atoms with Crippen LogP contribution in [0, 0.1) is 0 Å². The number of aromatic nitrogens is 2. The van der Waals surface area contributed by atoms with Crippen LogP contribution in [0.1, 0.15) is 10.5 Å². The van der Waals surface area contributed by atoms with Crippen molar-refractivity contribution in [1.82, 2.24) is 9.97 Å². The first kappa shape index (κ1) is 13.8. The Balaban J connectivity index is 1.90. The summed E-state index contributed by atoms with van der Waals surface area (Å²) in [6, 6.07) is 8.74. The molecular weight excluding hydrogens is 310 g/mol. The van der Waals surface area contributed by atoms with Crippen molar-refractivity contribution in [2.75, 3.05) is 12.4 Å². The van der Waals surface area contributed by atoms with E-state index in [0.717, 1.165) is 10.2 Å². The molecule has 7 heteroatoms. The number of pyridine rings is 1. The number of hydrogen-bond donors (Lipinski definition) is 1. The second-order valence-electron chi connectivity index (χ2n) is 4.14. The van der Waals surface area contributed by atoms with E-state index in [2.05, 4.69) is 15.3 Å². The summed E-state index contributed by atoms with van der Waals surface area (Å²) in [6.45, 7) is 0. The number of carbonyl (C=O) groups is 1. The van der Waals surface area contributed by atoms with E-state index in [4.69, 9.17) is 16.3 Å². The highest BCUT2D eigenvalue weighted by Gasteiger charge is 2.13. The van der Waals surface area contributed by atoms with Crippen LogP contribution in [0.2, 0.25) is 5.02 Å². The van der Waals surface area contributed by atoms with Gasteiger partial charge in [0.15, 0.2) is 5.13 Å². The maximum absolute atomic E-state index is 12.1. The molecule has 0 bridgehead atoms. The van der Waals surface area contributed by atoms with Gasteiger partial charge in [-0.05, 0) is 24.3 Å². The van der Waals surface area contributed by atoms with E-state index < -0.39 is 0 Å². The number of fused-ring (bicyclic) bond motifs is 1. The third-order valence-electron chi connectivity index (χ3n) is 2.78. The number of nitrogens with zero attached hydrogens (tertiary/aromatic N) is 2. The van der Waals surface area contributed by atoms with E-state index in [9.17, 15) is 4.79 Å². The largest absolute Gasteiger partial charge is 0.494 e. The van der Waals surface area contributed by atoms with E-state index in [1.165, 1.54) is 23.6 Å². The summed E-state index contributed by atoms with van der Waals surface area (Å²) in [5.74, 6) is 0.320. The van der Waals surface area contributed by atoms with Gasteiger partial charge in [-0.25, -0.2) is 4.98 Å². The lowest BCUT2D eigenvalue weighted by molar-refractivity contribution is 0.102. The number of carbonyl (C=O) groups excluding carboxylic acids is 1. The molecule has 0 radical (unpaired) electrons. The molecule has 5 nitrogen and oxygen atoms in total. The van der Waals surface area contributed by atoms with Gasteiger partial charge in [0.05, 0.1) is 11.8 Å². The van der Waals surface area contributed by atoms with E-state index in [-0.39, 0.29) is 11.6 Å². The Morgan fingerprint density at radius 3 is 3.00 bits per heavy atom. The van der Waals surface area contributed by atoms with Crippen LogP contribution in [0.3, 0.4) is 0 Å². The van der Waals surface area contributed by atoms with Gasteiger partial charge in [0.25, 0.3) is 5.91 Å². The number of nitrogens with one attached hydrogen (secondary N) is 1. The minimum Gasteiger partial charge on any atom is -0.494 e. The molecule has 0 saturated heterocycles. The molecule has 0 atom stereocenters. The van der Waals surface area contributed by atoms with Gasteiger partial charge in [0.1, 0.15) is 17.0 Å². The first-order valence-corrected chi connectivity index (χ1v) is 7.23. The number of hydrogen-bond acceptors (Lipinski definition) is 5. The third kappa shape index (κ3) is 2.81. The summed E-state index contributed by atoms with van der Waals surface area (Å²) in [7, 11) is 1.59. The molecule has 0 saturated carbocycles. The summed E-state index contributed by atoms with van der Waals surface area (Å²) >= 11 is 7.22. The lowest BCUT2D eigenvalue weighted by atomic mass is 10.3. The first-order chi connectivity index (χ1) is 10.2. The summed E-state index contributed by atoms with van der Waals surface area (Å²) in [6.07, 6.45) is 1.48. The highest BCUT2D eigenvalue weighted by Crippen LogP contribution is 2.32. The fraction of sp³-hybridized carbons (Fsp3) is 0.0714. The Labute approximate surface area is 129 Å². The number of rotatable bonds is 3. The second kappa shape index (κ2) is 5.67. The predicted molar refractivity (Wildman–Crippen MR) is 83.4 cm³/mol.